The SMILES string of the molecule is COCCOc1ccc([N+](=O)[O-])c(Br)c1F. The van der Waals surface area contributed by atoms with Crippen molar-refractivity contribution in [1.29, 1.82) is 0 Å². The van der Waals surface area contributed by atoms with Crippen LogP contribution in [0.25, 0.3) is 0 Å². The highest BCUT2D eigenvalue weighted by atomic mass is 79.9. The molecule has 0 saturated heterocycles. The molecule has 0 aliphatic carbocycles. The molecule has 5 nitrogen and oxygen atoms in total. The molecule has 0 spiro atoms. The Morgan fingerprint density at radius 3 is 2.75 bits per heavy atom. The van der Waals surface area contributed by atoms with Crippen LogP contribution in [-0.2, 0) is 4.74 Å². The molecule has 16 heavy (non-hydrogen) atoms. The minimum absolute atomic E-state index is 0.0467. The van der Waals surface area contributed by atoms with Crippen LogP contribution in [0.3, 0.4) is 0 Å². The molecular weight excluding hydrogens is 285 g/mol. The standard InChI is InChI=1S/C9H9BrFNO4/c1-15-4-5-16-7-3-2-6(12(13)14)8(10)9(7)11/h2-3H,4-5H2,1H3. The van der Waals surface area contributed by atoms with Crippen molar-refractivity contribution in [2.75, 3.05) is 20.3 Å². The maximum absolute atomic E-state index is 13.5. The second-order valence-corrected chi connectivity index (χ2v) is 3.60. The van der Waals surface area contributed by atoms with Crippen LogP contribution in [0.1, 0.15) is 0 Å². The van der Waals surface area contributed by atoms with E-state index in [9.17, 15) is 14.5 Å². The van der Waals surface area contributed by atoms with Crippen LogP contribution in [0, 0.1) is 15.9 Å². The summed E-state index contributed by atoms with van der Waals surface area (Å²) in [5.74, 6) is -0.833. The van der Waals surface area contributed by atoms with E-state index < -0.39 is 10.7 Å². The zero-order valence-corrected chi connectivity index (χ0v) is 9.99. The van der Waals surface area contributed by atoms with E-state index in [0.29, 0.717) is 6.61 Å². The maximum Gasteiger partial charge on any atom is 0.286 e. The second-order valence-electron chi connectivity index (χ2n) is 2.81. The number of rotatable bonds is 5. The summed E-state index contributed by atoms with van der Waals surface area (Å²) >= 11 is 2.81. The third-order valence-corrected chi connectivity index (χ3v) is 2.52. The average Bonchev–Trinajstić information content (AvgIpc) is 2.24. The summed E-state index contributed by atoms with van der Waals surface area (Å²) in [7, 11) is 1.49. The van der Waals surface area contributed by atoms with Crippen molar-refractivity contribution >= 4 is 21.6 Å². The molecule has 0 bridgehead atoms. The zero-order chi connectivity index (χ0) is 12.1. The van der Waals surface area contributed by atoms with Crippen LogP contribution in [0.5, 0.6) is 5.75 Å². The molecule has 0 aliphatic rings. The number of methoxy groups -OCH3 is 1. The molecule has 0 amide bonds. The van der Waals surface area contributed by atoms with Crippen molar-refractivity contribution in [3.8, 4) is 5.75 Å². The fourth-order valence-corrected chi connectivity index (χ4v) is 1.48. The molecule has 0 atom stereocenters. The van der Waals surface area contributed by atoms with Gasteiger partial charge in [-0.2, -0.15) is 0 Å². The molecule has 0 saturated carbocycles. The number of hydrogen-bond acceptors (Lipinski definition) is 4. The molecule has 88 valence electrons. The van der Waals surface area contributed by atoms with E-state index in [2.05, 4.69) is 15.9 Å². The Bertz CT molecular complexity index is 399. The lowest BCUT2D eigenvalue weighted by atomic mass is 10.3. The first-order chi connectivity index (χ1) is 7.57. The summed E-state index contributed by atoms with van der Waals surface area (Å²) < 4.78 is 23.1. The van der Waals surface area contributed by atoms with E-state index in [0.717, 1.165) is 0 Å². The highest BCUT2D eigenvalue weighted by Crippen LogP contribution is 2.33. The Morgan fingerprint density at radius 2 is 2.19 bits per heavy atom. The van der Waals surface area contributed by atoms with Gasteiger partial charge >= 0.3 is 0 Å². The normalized spacial score (nSPS) is 10.2. The summed E-state index contributed by atoms with van der Waals surface area (Å²) in [5.41, 5.74) is -0.336. The largest absolute Gasteiger partial charge is 0.488 e. The summed E-state index contributed by atoms with van der Waals surface area (Å²) in [6, 6.07) is 2.39. The number of halogens is 2. The molecule has 0 N–H and O–H groups in total. The first kappa shape index (κ1) is 12.9. The number of ether oxygens (including phenoxy) is 2. The smallest absolute Gasteiger partial charge is 0.286 e. The predicted octanol–water partition coefficient (Wildman–Crippen LogP) is 2.52. The quantitative estimate of drug-likeness (QED) is 0.475. The van der Waals surface area contributed by atoms with Gasteiger partial charge in [0.1, 0.15) is 11.1 Å². The Hall–Kier alpha value is -1.21. The van der Waals surface area contributed by atoms with Gasteiger partial charge in [0.2, 0.25) is 0 Å². The van der Waals surface area contributed by atoms with E-state index in [-0.39, 0.29) is 22.5 Å². The molecular formula is C9H9BrFNO4. The van der Waals surface area contributed by atoms with E-state index >= 15 is 0 Å². The third-order valence-electron chi connectivity index (χ3n) is 1.77. The predicted molar refractivity (Wildman–Crippen MR) is 58.1 cm³/mol. The van der Waals surface area contributed by atoms with Gasteiger partial charge < -0.3 is 9.47 Å². The molecule has 1 rings (SSSR count). The van der Waals surface area contributed by atoms with Crippen LogP contribution >= 0.6 is 15.9 Å². The topological polar surface area (TPSA) is 61.6 Å². The van der Waals surface area contributed by atoms with Gasteiger partial charge in [0.05, 0.1) is 11.5 Å². The summed E-state index contributed by atoms with van der Waals surface area (Å²) in [6.07, 6.45) is 0. The van der Waals surface area contributed by atoms with Gasteiger partial charge in [-0.3, -0.25) is 10.1 Å². The van der Waals surface area contributed by atoms with Crippen LogP contribution in [0.2, 0.25) is 0 Å². The molecule has 0 fully saturated rings. The average molecular weight is 294 g/mol. The number of hydrogen-bond donors (Lipinski definition) is 0. The van der Waals surface area contributed by atoms with Crippen LogP contribution in [0.4, 0.5) is 10.1 Å². The first-order valence-electron chi connectivity index (χ1n) is 4.32. The van der Waals surface area contributed by atoms with E-state index in [1.54, 1.807) is 0 Å². The van der Waals surface area contributed by atoms with E-state index in [1.807, 2.05) is 0 Å². The number of nitrogens with zero attached hydrogens (tertiary/aromatic N) is 1. The summed E-state index contributed by atoms with van der Waals surface area (Å²) in [4.78, 5) is 9.82. The van der Waals surface area contributed by atoms with E-state index in [1.165, 1.54) is 19.2 Å². The van der Waals surface area contributed by atoms with Gasteiger partial charge in [0.25, 0.3) is 5.69 Å². The van der Waals surface area contributed by atoms with Crippen molar-refractivity contribution in [2.45, 2.75) is 0 Å². The third kappa shape index (κ3) is 2.89. The number of nitro groups is 1. The Morgan fingerprint density at radius 1 is 1.50 bits per heavy atom. The highest BCUT2D eigenvalue weighted by Gasteiger charge is 2.19. The van der Waals surface area contributed by atoms with Gasteiger partial charge in [-0.1, -0.05) is 0 Å². The van der Waals surface area contributed by atoms with Gasteiger partial charge in [0.15, 0.2) is 11.6 Å². The van der Waals surface area contributed by atoms with Crippen molar-refractivity contribution in [2.24, 2.45) is 0 Å². The Kier molecular flexibility index (Phi) is 4.63. The molecule has 0 aromatic heterocycles. The number of benzene rings is 1. The lowest BCUT2D eigenvalue weighted by molar-refractivity contribution is -0.385. The Balaban J connectivity index is 2.89. The van der Waals surface area contributed by atoms with Crippen molar-refractivity contribution < 1.29 is 18.8 Å². The van der Waals surface area contributed by atoms with Crippen molar-refractivity contribution in [3.05, 3.63) is 32.5 Å². The van der Waals surface area contributed by atoms with Crippen LogP contribution < -0.4 is 4.74 Å². The van der Waals surface area contributed by atoms with Gasteiger partial charge in [0, 0.05) is 13.2 Å². The lowest BCUT2D eigenvalue weighted by Gasteiger charge is -2.07. The summed E-state index contributed by atoms with van der Waals surface area (Å²) in [6.45, 7) is 0.492. The van der Waals surface area contributed by atoms with Crippen molar-refractivity contribution in [1.82, 2.24) is 0 Å². The fraction of sp³-hybridized carbons (Fsp3) is 0.333. The molecule has 0 unspecified atom stereocenters. The molecule has 7 heteroatoms. The second kappa shape index (κ2) is 5.76. The zero-order valence-electron chi connectivity index (χ0n) is 8.41. The molecule has 0 radical (unpaired) electrons. The molecule has 1 aromatic rings. The fourth-order valence-electron chi connectivity index (χ4n) is 1.01. The first-order valence-corrected chi connectivity index (χ1v) is 5.11. The monoisotopic (exact) mass is 293 g/mol. The number of nitro benzene ring substituents is 1. The Labute approximate surface area is 99.4 Å². The highest BCUT2D eigenvalue weighted by molar-refractivity contribution is 9.10. The van der Waals surface area contributed by atoms with Crippen LogP contribution in [0.15, 0.2) is 16.6 Å². The molecule has 1 aromatic carbocycles. The van der Waals surface area contributed by atoms with Crippen LogP contribution in [-0.4, -0.2) is 25.2 Å². The minimum atomic E-state index is -0.787. The maximum atomic E-state index is 13.5. The van der Waals surface area contributed by atoms with Crippen molar-refractivity contribution in [3.63, 3.8) is 0 Å². The van der Waals surface area contributed by atoms with Gasteiger partial charge in [-0.15, -0.1) is 0 Å². The van der Waals surface area contributed by atoms with E-state index in [4.69, 9.17) is 9.47 Å². The lowest BCUT2D eigenvalue weighted by Crippen LogP contribution is -2.06. The summed E-state index contributed by atoms with van der Waals surface area (Å²) in [5, 5.41) is 10.5. The molecule has 0 aliphatic heterocycles. The molecule has 0 heterocycles. The van der Waals surface area contributed by atoms with Gasteiger partial charge in [-0.05, 0) is 22.0 Å². The minimum Gasteiger partial charge on any atom is -0.488 e. The van der Waals surface area contributed by atoms with Gasteiger partial charge in [-0.25, -0.2) is 4.39 Å².